The number of nitrogens with one attached hydrogen (secondary N) is 1. The maximum atomic E-state index is 15.1. The molecule has 46 heavy (non-hydrogen) atoms. The fraction of sp³-hybridized carbons (Fsp3) is 0.257. The number of carbonyl (C=O) groups excluding carboxylic acids is 2. The van der Waals surface area contributed by atoms with Crippen molar-refractivity contribution in [2.45, 2.75) is 50.2 Å². The third-order valence-corrected chi connectivity index (χ3v) is 9.10. The first-order valence-electron chi connectivity index (χ1n) is 14.6. The van der Waals surface area contributed by atoms with E-state index in [-0.39, 0.29) is 39.9 Å². The molecule has 8 nitrogen and oxygen atoms in total. The van der Waals surface area contributed by atoms with Crippen LogP contribution >= 0.6 is 11.6 Å². The summed E-state index contributed by atoms with van der Waals surface area (Å²) >= 11 is 6.31. The Bertz CT molecular complexity index is 1770. The molecule has 4 aromatic rings. The molecule has 0 bridgehead atoms. The summed E-state index contributed by atoms with van der Waals surface area (Å²) < 4.78 is 49.8. The van der Waals surface area contributed by atoms with Crippen LogP contribution in [0.2, 0.25) is 5.02 Å². The van der Waals surface area contributed by atoms with E-state index in [1.807, 2.05) is 51.1 Å². The molecule has 4 rings (SSSR count). The van der Waals surface area contributed by atoms with Crippen molar-refractivity contribution in [3.63, 3.8) is 0 Å². The summed E-state index contributed by atoms with van der Waals surface area (Å²) in [4.78, 5) is 29.6. The minimum Gasteiger partial charge on any atom is -0.495 e. The molecule has 0 spiro atoms. The molecule has 0 radical (unpaired) electrons. The molecule has 0 fully saturated rings. The smallest absolute Gasteiger partial charge is 0.264 e. The van der Waals surface area contributed by atoms with E-state index in [4.69, 9.17) is 16.3 Å². The van der Waals surface area contributed by atoms with Crippen molar-refractivity contribution in [3.8, 4) is 5.75 Å². The number of nitrogens with zero attached hydrogens (tertiary/aromatic N) is 2. The molecule has 11 heteroatoms. The van der Waals surface area contributed by atoms with Gasteiger partial charge in [-0.1, -0.05) is 78.3 Å². The molecular formula is C35H37ClFN3O5S. The lowest BCUT2D eigenvalue weighted by molar-refractivity contribution is -0.140. The monoisotopic (exact) mass is 665 g/mol. The second-order valence-corrected chi connectivity index (χ2v) is 14.0. The molecule has 0 heterocycles. The van der Waals surface area contributed by atoms with Crippen molar-refractivity contribution in [1.29, 1.82) is 0 Å². The van der Waals surface area contributed by atoms with Gasteiger partial charge in [-0.05, 0) is 62.7 Å². The first-order valence-corrected chi connectivity index (χ1v) is 16.4. The van der Waals surface area contributed by atoms with Gasteiger partial charge in [0.25, 0.3) is 10.0 Å². The van der Waals surface area contributed by atoms with Crippen molar-refractivity contribution < 1.29 is 27.1 Å². The van der Waals surface area contributed by atoms with Crippen molar-refractivity contribution in [1.82, 2.24) is 10.2 Å². The van der Waals surface area contributed by atoms with Crippen LogP contribution in [0.3, 0.4) is 0 Å². The molecule has 0 aliphatic rings. The number of rotatable bonds is 12. The summed E-state index contributed by atoms with van der Waals surface area (Å²) in [6.07, 6.45) is 0.0921. The van der Waals surface area contributed by atoms with Crippen LogP contribution in [0, 0.1) is 5.82 Å². The average molecular weight is 666 g/mol. The zero-order valence-corrected chi connectivity index (χ0v) is 27.7. The Morgan fingerprint density at radius 3 is 2.13 bits per heavy atom. The van der Waals surface area contributed by atoms with Gasteiger partial charge in [0.1, 0.15) is 24.2 Å². The van der Waals surface area contributed by atoms with Crippen molar-refractivity contribution in [2.24, 2.45) is 0 Å². The predicted molar refractivity (Wildman–Crippen MR) is 178 cm³/mol. The molecule has 4 aromatic carbocycles. The summed E-state index contributed by atoms with van der Waals surface area (Å²) in [6.45, 7) is 4.40. The number of ether oxygens (including phenoxy) is 1. The number of methoxy groups -OCH3 is 1. The number of hydrogen-bond donors (Lipinski definition) is 1. The van der Waals surface area contributed by atoms with Gasteiger partial charge in [0.2, 0.25) is 11.8 Å². The number of amides is 2. The second kappa shape index (κ2) is 14.8. The number of carbonyl (C=O) groups is 2. The first-order chi connectivity index (χ1) is 21.8. The molecule has 0 aliphatic heterocycles. The fourth-order valence-corrected chi connectivity index (χ4v) is 6.51. The second-order valence-electron chi connectivity index (χ2n) is 11.7. The van der Waals surface area contributed by atoms with Crippen LogP contribution in [-0.2, 0) is 32.6 Å². The van der Waals surface area contributed by atoms with Crippen LogP contribution < -0.4 is 14.4 Å². The van der Waals surface area contributed by atoms with Gasteiger partial charge in [-0.2, -0.15) is 0 Å². The molecule has 0 saturated heterocycles. The Morgan fingerprint density at radius 2 is 1.52 bits per heavy atom. The van der Waals surface area contributed by atoms with Gasteiger partial charge < -0.3 is 15.0 Å². The van der Waals surface area contributed by atoms with E-state index in [0.717, 1.165) is 9.87 Å². The quantitative estimate of drug-likeness (QED) is 0.193. The number of halogens is 2. The van der Waals surface area contributed by atoms with E-state index in [0.29, 0.717) is 0 Å². The first kappa shape index (κ1) is 34.5. The number of sulfonamides is 1. The highest BCUT2D eigenvalue weighted by atomic mass is 35.5. The largest absolute Gasteiger partial charge is 0.495 e. The standard InChI is InChI=1S/C35H37ClFN3O5S/c1-35(2,3)38-34(42)31(21-25-13-7-5-8-14-25)39(23-26-15-11-12-18-29(26)37)33(41)24-40(30-22-27(36)19-20-32(30)45-4)46(43,44)28-16-9-6-10-17-28/h5-20,22,31H,21,23-24H2,1-4H3,(H,38,42)/t31-/m0/s1. The van der Waals surface area contributed by atoms with Crippen LogP contribution in [-0.4, -0.2) is 50.4 Å². The third-order valence-electron chi connectivity index (χ3n) is 7.09. The molecule has 1 N–H and O–H groups in total. The van der Waals surface area contributed by atoms with E-state index in [1.165, 1.54) is 60.5 Å². The molecule has 0 aliphatic carbocycles. The van der Waals surface area contributed by atoms with Crippen molar-refractivity contribution in [3.05, 3.63) is 125 Å². The Kier molecular flexibility index (Phi) is 11.1. The molecule has 242 valence electrons. The Balaban J connectivity index is 1.87. The van der Waals surface area contributed by atoms with Crippen molar-refractivity contribution in [2.75, 3.05) is 18.0 Å². The average Bonchev–Trinajstić information content (AvgIpc) is 3.02. The molecule has 0 unspecified atom stereocenters. The summed E-state index contributed by atoms with van der Waals surface area (Å²) in [5.41, 5.74) is 0.287. The predicted octanol–water partition coefficient (Wildman–Crippen LogP) is 6.24. The molecular weight excluding hydrogens is 629 g/mol. The third kappa shape index (κ3) is 8.64. The van der Waals surface area contributed by atoms with Crippen LogP contribution in [0.5, 0.6) is 5.75 Å². The maximum absolute atomic E-state index is 15.1. The molecule has 2 amide bonds. The Morgan fingerprint density at radius 1 is 0.913 bits per heavy atom. The van der Waals surface area contributed by atoms with E-state index in [1.54, 1.807) is 24.3 Å². The Labute approximate surface area is 274 Å². The van der Waals surface area contributed by atoms with Crippen LogP contribution in [0.1, 0.15) is 31.9 Å². The summed E-state index contributed by atoms with van der Waals surface area (Å²) in [5.74, 6) is -1.63. The van der Waals surface area contributed by atoms with Crippen molar-refractivity contribution >= 4 is 39.1 Å². The van der Waals surface area contributed by atoms with Crippen LogP contribution in [0.15, 0.2) is 108 Å². The van der Waals surface area contributed by atoms with Crippen LogP contribution in [0.4, 0.5) is 10.1 Å². The van der Waals surface area contributed by atoms with Gasteiger partial charge in [-0.15, -0.1) is 0 Å². The molecule has 0 aromatic heterocycles. The maximum Gasteiger partial charge on any atom is 0.264 e. The van der Waals surface area contributed by atoms with E-state index in [2.05, 4.69) is 5.32 Å². The lowest BCUT2D eigenvalue weighted by Gasteiger charge is -2.35. The lowest BCUT2D eigenvalue weighted by Crippen LogP contribution is -2.56. The zero-order chi connectivity index (χ0) is 33.5. The highest BCUT2D eigenvalue weighted by Gasteiger charge is 2.36. The number of benzene rings is 4. The highest BCUT2D eigenvalue weighted by Crippen LogP contribution is 2.35. The Hall–Kier alpha value is -4.41. The van der Waals surface area contributed by atoms with Gasteiger partial charge in [0.15, 0.2) is 0 Å². The normalized spacial score (nSPS) is 12.2. The minimum absolute atomic E-state index is 0.0248. The minimum atomic E-state index is -4.37. The van der Waals surface area contributed by atoms with Gasteiger partial charge >= 0.3 is 0 Å². The fourth-order valence-electron chi connectivity index (χ4n) is 4.91. The SMILES string of the molecule is COc1ccc(Cl)cc1N(CC(=O)N(Cc1ccccc1F)[C@@H](Cc1ccccc1)C(=O)NC(C)(C)C)S(=O)(=O)c1ccccc1. The lowest BCUT2D eigenvalue weighted by atomic mass is 10.0. The zero-order valence-electron chi connectivity index (χ0n) is 26.1. The van der Waals surface area contributed by atoms with Gasteiger partial charge in [0, 0.05) is 29.1 Å². The van der Waals surface area contributed by atoms with E-state index < -0.39 is 45.8 Å². The molecule has 1 atom stereocenters. The highest BCUT2D eigenvalue weighted by molar-refractivity contribution is 7.92. The van der Waals surface area contributed by atoms with E-state index >= 15 is 4.39 Å². The topological polar surface area (TPSA) is 96.0 Å². The molecule has 0 saturated carbocycles. The summed E-state index contributed by atoms with van der Waals surface area (Å²) in [5, 5.41) is 3.16. The number of anilines is 1. The van der Waals surface area contributed by atoms with Gasteiger partial charge in [-0.25, -0.2) is 12.8 Å². The number of hydrogen-bond acceptors (Lipinski definition) is 5. The summed E-state index contributed by atoms with van der Waals surface area (Å²) in [7, 11) is -3.00. The van der Waals surface area contributed by atoms with Gasteiger partial charge in [0.05, 0.1) is 17.7 Å². The van der Waals surface area contributed by atoms with E-state index in [9.17, 15) is 18.0 Å². The van der Waals surface area contributed by atoms with Gasteiger partial charge in [-0.3, -0.25) is 13.9 Å². The van der Waals surface area contributed by atoms with Crippen LogP contribution in [0.25, 0.3) is 0 Å². The summed E-state index contributed by atoms with van der Waals surface area (Å²) in [6, 6.07) is 26.0.